The minimum Gasteiger partial charge on any atom is -0.322 e. The lowest BCUT2D eigenvalue weighted by Crippen LogP contribution is -2.10. The molecule has 0 atom stereocenters. The van der Waals surface area contributed by atoms with Crippen LogP contribution in [0.5, 0.6) is 0 Å². The predicted octanol–water partition coefficient (Wildman–Crippen LogP) is 5.39. The molecule has 0 saturated heterocycles. The van der Waals surface area contributed by atoms with Crippen LogP contribution in [-0.4, -0.2) is 5.91 Å². The van der Waals surface area contributed by atoms with Gasteiger partial charge in [0.1, 0.15) is 0 Å². The maximum atomic E-state index is 12.2. The van der Waals surface area contributed by atoms with Gasteiger partial charge in [0.25, 0.3) is 0 Å². The Labute approximate surface area is 139 Å². The first kappa shape index (κ1) is 17.0. The Morgan fingerprint density at radius 1 is 1.00 bits per heavy atom. The second kappa shape index (κ2) is 7.28. The lowest BCUT2D eigenvalue weighted by Gasteiger charge is -2.11. The van der Waals surface area contributed by atoms with Gasteiger partial charge < -0.3 is 5.32 Å². The fraction of sp³-hybridized carbons (Fsp3) is 0.286. The molecular weight excluding hydrogens is 282 g/mol. The highest BCUT2D eigenvalue weighted by molar-refractivity contribution is 6.02. The Morgan fingerprint density at radius 3 is 2.09 bits per heavy atom. The number of amides is 1. The van der Waals surface area contributed by atoms with Gasteiger partial charge >= 0.3 is 0 Å². The second-order valence-electron chi connectivity index (χ2n) is 6.42. The lowest BCUT2D eigenvalue weighted by molar-refractivity contribution is -0.111. The van der Waals surface area contributed by atoms with E-state index in [-0.39, 0.29) is 5.91 Å². The first-order chi connectivity index (χ1) is 10.9. The number of hydrogen-bond acceptors (Lipinski definition) is 1. The van der Waals surface area contributed by atoms with Crippen LogP contribution in [0, 0.1) is 20.8 Å². The maximum Gasteiger partial charge on any atom is 0.248 e. The van der Waals surface area contributed by atoms with Crippen LogP contribution in [0.4, 0.5) is 5.69 Å². The number of aryl methyl sites for hydroxylation is 3. The summed E-state index contributed by atoms with van der Waals surface area (Å²) in [5.74, 6) is 0.414. The molecule has 0 aromatic heterocycles. The third-order valence-corrected chi connectivity index (χ3v) is 3.96. The molecule has 0 unspecified atom stereocenters. The van der Waals surface area contributed by atoms with Crippen molar-refractivity contribution in [3.63, 3.8) is 0 Å². The van der Waals surface area contributed by atoms with Crippen molar-refractivity contribution in [1.82, 2.24) is 0 Å². The molecule has 1 amide bonds. The van der Waals surface area contributed by atoms with Crippen molar-refractivity contribution in [2.75, 3.05) is 5.32 Å². The van der Waals surface area contributed by atoms with Crippen LogP contribution < -0.4 is 5.32 Å². The van der Waals surface area contributed by atoms with Crippen LogP contribution in [0.2, 0.25) is 0 Å². The molecule has 23 heavy (non-hydrogen) atoms. The zero-order chi connectivity index (χ0) is 17.0. The van der Waals surface area contributed by atoms with Gasteiger partial charge in [0, 0.05) is 11.8 Å². The molecule has 0 aliphatic carbocycles. The maximum absolute atomic E-state index is 12.2. The molecule has 2 heteroatoms. The molecule has 0 aliphatic rings. The molecule has 0 radical (unpaired) electrons. The van der Waals surface area contributed by atoms with Gasteiger partial charge in [-0.1, -0.05) is 55.8 Å². The van der Waals surface area contributed by atoms with Crippen LogP contribution in [-0.2, 0) is 4.79 Å². The second-order valence-corrected chi connectivity index (χ2v) is 6.42. The number of nitrogens with one attached hydrogen (secondary N) is 1. The van der Waals surface area contributed by atoms with E-state index in [0.717, 1.165) is 22.4 Å². The molecular formula is C21H25NO. The van der Waals surface area contributed by atoms with Gasteiger partial charge in [0.2, 0.25) is 5.91 Å². The number of carbonyl (C=O) groups excluding carboxylic acids is 1. The monoisotopic (exact) mass is 307 g/mol. The molecule has 120 valence electrons. The molecule has 0 fully saturated rings. The summed E-state index contributed by atoms with van der Waals surface area (Å²) >= 11 is 0. The van der Waals surface area contributed by atoms with E-state index < -0.39 is 0 Å². The zero-order valence-corrected chi connectivity index (χ0v) is 14.6. The smallest absolute Gasteiger partial charge is 0.248 e. The van der Waals surface area contributed by atoms with Crippen LogP contribution in [0.3, 0.4) is 0 Å². The third kappa shape index (κ3) is 4.56. The minimum atomic E-state index is -0.104. The first-order valence-electron chi connectivity index (χ1n) is 8.03. The molecule has 0 aliphatic heterocycles. The standard InChI is InChI=1S/C21H25NO/c1-14(2)19-9-6-18(7-10-19)8-11-20(23)22-21-16(4)12-15(3)13-17(21)5/h6-14H,1-5H3,(H,22,23)/b11-8-. The highest BCUT2D eigenvalue weighted by Gasteiger charge is 2.06. The van der Waals surface area contributed by atoms with E-state index in [0.29, 0.717) is 5.92 Å². The molecule has 2 aromatic carbocycles. The van der Waals surface area contributed by atoms with Crippen molar-refractivity contribution in [3.8, 4) is 0 Å². The van der Waals surface area contributed by atoms with Crippen LogP contribution in [0.25, 0.3) is 6.08 Å². The van der Waals surface area contributed by atoms with Gasteiger partial charge in [0.05, 0.1) is 0 Å². The molecule has 0 heterocycles. The average molecular weight is 307 g/mol. The number of hydrogen-bond donors (Lipinski definition) is 1. The SMILES string of the molecule is Cc1cc(C)c(NC(=O)/C=C\c2ccc(C(C)C)cc2)c(C)c1. The van der Waals surface area contributed by atoms with Gasteiger partial charge in [-0.05, 0) is 55.0 Å². The van der Waals surface area contributed by atoms with Crippen molar-refractivity contribution in [3.05, 3.63) is 70.3 Å². The summed E-state index contributed by atoms with van der Waals surface area (Å²) in [7, 11) is 0. The van der Waals surface area contributed by atoms with Crippen LogP contribution in [0.1, 0.15) is 47.6 Å². The predicted molar refractivity (Wildman–Crippen MR) is 98.8 cm³/mol. The lowest BCUT2D eigenvalue weighted by atomic mass is 10.0. The molecule has 1 N–H and O–H groups in total. The molecule has 2 nitrogen and oxygen atoms in total. The van der Waals surface area contributed by atoms with E-state index in [1.165, 1.54) is 11.1 Å². The quantitative estimate of drug-likeness (QED) is 0.754. The molecule has 0 saturated carbocycles. The molecule has 0 spiro atoms. The van der Waals surface area contributed by atoms with Gasteiger partial charge in [-0.15, -0.1) is 0 Å². The zero-order valence-electron chi connectivity index (χ0n) is 14.6. The Bertz CT molecular complexity index is 701. The van der Waals surface area contributed by atoms with Crippen molar-refractivity contribution in [2.24, 2.45) is 0 Å². The van der Waals surface area contributed by atoms with Crippen molar-refractivity contribution in [2.45, 2.75) is 40.5 Å². The highest BCUT2D eigenvalue weighted by Crippen LogP contribution is 2.22. The van der Waals surface area contributed by atoms with E-state index in [9.17, 15) is 4.79 Å². The average Bonchev–Trinajstić information content (AvgIpc) is 2.49. The minimum absolute atomic E-state index is 0.104. The number of benzene rings is 2. The van der Waals surface area contributed by atoms with Gasteiger partial charge in [-0.3, -0.25) is 4.79 Å². The first-order valence-corrected chi connectivity index (χ1v) is 8.03. The van der Waals surface area contributed by atoms with Crippen molar-refractivity contribution in [1.29, 1.82) is 0 Å². The van der Waals surface area contributed by atoms with E-state index >= 15 is 0 Å². The van der Waals surface area contributed by atoms with Gasteiger partial charge in [-0.25, -0.2) is 0 Å². The summed E-state index contributed by atoms with van der Waals surface area (Å²) in [5.41, 5.74) is 6.62. The summed E-state index contributed by atoms with van der Waals surface area (Å²) < 4.78 is 0. The third-order valence-electron chi connectivity index (χ3n) is 3.96. The van der Waals surface area contributed by atoms with E-state index in [1.807, 2.05) is 32.1 Å². The Hall–Kier alpha value is -2.35. The molecule has 0 bridgehead atoms. The molecule has 2 rings (SSSR count). The molecule has 2 aromatic rings. The fourth-order valence-electron chi connectivity index (χ4n) is 2.71. The van der Waals surface area contributed by atoms with Crippen LogP contribution in [0.15, 0.2) is 42.5 Å². The fourth-order valence-corrected chi connectivity index (χ4v) is 2.71. The summed E-state index contributed by atoms with van der Waals surface area (Å²) in [6.45, 7) is 10.4. The number of rotatable bonds is 4. The summed E-state index contributed by atoms with van der Waals surface area (Å²) in [4.78, 5) is 12.2. The Kier molecular flexibility index (Phi) is 5.38. The van der Waals surface area contributed by atoms with E-state index in [1.54, 1.807) is 6.08 Å². The largest absolute Gasteiger partial charge is 0.322 e. The van der Waals surface area contributed by atoms with Gasteiger partial charge in [0.15, 0.2) is 0 Å². The Balaban J connectivity index is 2.07. The van der Waals surface area contributed by atoms with Crippen LogP contribution >= 0.6 is 0 Å². The van der Waals surface area contributed by atoms with Crippen molar-refractivity contribution >= 4 is 17.7 Å². The summed E-state index contributed by atoms with van der Waals surface area (Å²) in [6.07, 6.45) is 3.43. The van der Waals surface area contributed by atoms with E-state index in [4.69, 9.17) is 0 Å². The number of anilines is 1. The Morgan fingerprint density at radius 2 is 1.57 bits per heavy atom. The van der Waals surface area contributed by atoms with Gasteiger partial charge in [-0.2, -0.15) is 0 Å². The summed E-state index contributed by atoms with van der Waals surface area (Å²) in [5, 5.41) is 2.98. The normalized spacial score (nSPS) is 11.2. The van der Waals surface area contributed by atoms with Crippen molar-refractivity contribution < 1.29 is 4.79 Å². The summed E-state index contributed by atoms with van der Waals surface area (Å²) in [6, 6.07) is 12.5. The van der Waals surface area contributed by atoms with E-state index in [2.05, 4.69) is 50.4 Å². The number of carbonyl (C=O) groups is 1. The highest BCUT2D eigenvalue weighted by atomic mass is 16.1. The topological polar surface area (TPSA) is 29.1 Å².